The van der Waals surface area contributed by atoms with Crippen LogP contribution in [0.4, 0.5) is 0 Å². The molecule has 0 saturated carbocycles. The van der Waals surface area contributed by atoms with Gasteiger partial charge in [0, 0.05) is 37.9 Å². The van der Waals surface area contributed by atoms with Gasteiger partial charge in [0.1, 0.15) is 0 Å². The Bertz CT molecular complexity index is 981. The van der Waals surface area contributed by atoms with E-state index in [1.807, 2.05) is 0 Å². The Morgan fingerprint density at radius 1 is 0.933 bits per heavy atom. The second-order valence-electron chi connectivity index (χ2n) is 7.08. The van der Waals surface area contributed by atoms with Crippen LogP contribution in [0.2, 0.25) is 0 Å². The fourth-order valence-corrected chi connectivity index (χ4v) is 3.75. The molecule has 1 aliphatic rings. The third kappa shape index (κ3) is 4.20. The van der Waals surface area contributed by atoms with E-state index in [2.05, 4.69) is 0 Å². The van der Waals surface area contributed by atoms with Gasteiger partial charge in [0.25, 0.3) is 0 Å². The number of carbonyl (C=O) groups excluding carboxylic acids is 4. The number of esters is 3. The third-order valence-electron chi connectivity index (χ3n) is 4.82. The predicted octanol–water partition coefficient (Wildman–Crippen LogP) is 2.17. The van der Waals surface area contributed by atoms with E-state index in [0.717, 1.165) is 6.29 Å². The van der Waals surface area contributed by atoms with E-state index in [1.54, 1.807) is 42.0 Å². The Morgan fingerprint density at radius 2 is 1.50 bits per heavy atom. The molecule has 0 N–H and O–H groups in total. The van der Waals surface area contributed by atoms with Crippen molar-refractivity contribution in [3.8, 4) is 0 Å². The number of carbonyl (C=O) groups is 4. The second-order valence-corrected chi connectivity index (χ2v) is 7.08. The molecule has 160 valence electrons. The van der Waals surface area contributed by atoms with Crippen molar-refractivity contribution >= 4 is 35.1 Å². The molecular formula is C21H23NO8. The Balaban J connectivity index is 2.13. The molecular weight excluding hydrogens is 394 g/mol. The van der Waals surface area contributed by atoms with E-state index in [-0.39, 0.29) is 0 Å². The van der Waals surface area contributed by atoms with Gasteiger partial charge in [-0.25, -0.2) is 0 Å². The Kier molecular flexibility index (Phi) is 6.21. The fraction of sp³-hybridized carbons (Fsp3) is 0.429. The number of aldehydes is 1. The Morgan fingerprint density at radius 3 is 2.10 bits per heavy atom. The normalized spacial score (nSPS) is 26.1. The average Bonchev–Trinajstić information content (AvgIpc) is 3.04. The molecule has 0 unspecified atom stereocenters. The summed E-state index contributed by atoms with van der Waals surface area (Å²) in [4.78, 5) is 46.8. The minimum absolute atomic E-state index is 0.426. The fourth-order valence-electron chi connectivity index (χ4n) is 3.75. The van der Waals surface area contributed by atoms with Crippen LogP contribution < -0.4 is 0 Å². The summed E-state index contributed by atoms with van der Waals surface area (Å²) < 4.78 is 24.0. The van der Waals surface area contributed by atoms with Crippen LogP contribution in [0.1, 0.15) is 44.3 Å². The summed E-state index contributed by atoms with van der Waals surface area (Å²) in [5.74, 6) is -1.86. The zero-order valence-corrected chi connectivity index (χ0v) is 17.1. The minimum Gasteiger partial charge on any atom is -0.456 e. The van der Waals surface area contributed by atoms with Crippen LogP contribution in [0.5, 0.6) is 0 Å². The predicted molar refractivity (Wildman–Crippen MR) is 104 cm³/mol. The molecule has 0 radical (unpaired) electrons. The first kappa shape index (κ1) is 21.5. The van der Waals surface area contributed by atoms with E-state index < -0.39 is 48.6 Å². The highest BCUT2D eigenvalue weighted by atomic mass is 16.7. The summed E-state index contributed by atoms with van der Waals surface area (Å²) in [6, 6.07) is 7.17. The van der Waals surface area contributed by atoms with Gasteiger partial charge in [-0.1, -0.05) is 18.2 Å². The van der Waals surface area contributed by atoms with Crippen LogP contribution >= 0.6 is 0 Å². The van der Waals surface area contributed by atoms with Crippen LogP contribution in [-0.2, 0) is 33.3 Å². The van der Waals surface area contributed by atoms with E-state index in [0.29, 0.717) is 16.5 Å². The number of hydrogen-bond acceptors (Lipinski definition) is 8. The molecule has 1 aromatic carbocycles. The monoisotopic (exact) mass is 417 g/mol. The van der Waals surface area contributed by atoms with Gasteiger partial charge < -0.3 is 23.5 Å². The SMILES string of the molecule is CC(=O)O[C@@H]1[C@@H](OC(C)=O)[C@H](C)O[C@@H](n2cc(C=O)c3ccccc32)[C@@H]1OC(C)=O. The molecule has 1 saturated heterocycles. The topological polar surface area (TPSA) is 110 Å². The number of aromatic nitrogens is 1. The van der Waals surface area contributed by atoms with Gasteiger partial charge >= 0.3 is 17.9 Å². The van der Waals surface area contributed by atoms with Crippen molar-refractivity contribution in [2.24, 2.45) is 0 Å². The van der Waals surface area contributed by atoms with Gasteiger partial charge in [-0.15, -0.1) is 0 Å². The smallest absolute Gasteiger partial charge is 0.303 e. The maximum absolute atomic E-state index is 11.9. The molecule has 3 rings (SSSR count). The maximum Gasteiger partial charge on any atom is 0.303 e. The Hall–Kier alpha value is -3.20. The second kappa shape index (κ2) is 8.66. The van der Waals surface area contributed by atoms with Crippen molar-refractivity contribution in [3.63, 3.8) is 0 Å². The number of nitrogens with zero attached hydrogens (tertiary/aromatic N) is 1. The van der Waals surface area contributed by atoms with E-state index in [1.165, 1.54) is 20.8 Å². The first-order valence-electron chi connectivity index (χ1n) is 9.44. The molecule has 5 atom stereocenters. The highest BCUT2D eigenvalue weighted by Gasteiger charge is 2.51. The number of para-hydroxylation sites is 1. The summed E-state index contributed by atoms with van der Waals surface area (Å²) in [5, 5.41) is 0.691. The summed E-state index contributed by atoms with van der Waals surface area (Å²) in [7, 11) is 0. The lowest BCUT2D eigenvalue weighted by Crippen LogP contribution is -2.58. The molecule has 30 heavy (non-hydrogen) atoms. The molecule has 1 aliphatic heterocycles. The van der Waals surface area contributed by atoms with Crippen molar-refractivity contribution < 1.29 is 38.1 Å². The largest absolute Gasteiger partial charge is 0.456 e. The zero-order chi connectivity index (χ0) is 22.0. The molecule has 0 spiro atoms. The van der Waals surface area contributed by atoms with Gasteiger partial charge in [0.2, 0.25) is 0 Å². The highest BCUT2D eigenvalue weighted by Crippen LogP contribution is 2.37. The molecule has 1 aromatic heterocycles. The molecule has 9 heteroatoms. The lowest BCUT2D eigenvalue weighted by molar-refractivity contribution is -0.258. The van der Waals surface area contributed by atoms with Gasteiger partial charge in [0.15, 0.2) is 30.8 Å². The van der Waals surface area contributed by atoms with Crippen molar-refractivity contribution in [1.82, 2.24) is 4.57 Å². The summed E-state index contributed by atoms with van der Waals surface area (Å²) in [5.41, 5.74) is 1.09. The van der Waals surface area contributed by atoms with Crippen molar-refractivity contribution in [1.29, 1.82) is 0 Å². The van der Waals surface area contributed by atoms with Crippen LogP contribution in [-0.4, -0.2) is 53.2 Å². The van der Waals surface area contributed by atoms with E-state index in [9.17, 15) is 19.2 Å². The molecule has 2 aromatic rings. The van der Waals surface area contributed by atoms with Crippen molar-refractivity contribution in [2.75, 3.05) is 0 Å². The molecule has 0 amide bonds. The first-order chi connectivity index (χ1) is 14.2. The van der Waals surface area contributed by atoms with Gasteiger partial charge in [-0.2, -0.15) is 0 Å². The molecule has 0 bridgehead atoms. The van der Waals surface area contributed by atoms with Gasteiger partial charge in [-0.3, -0.25) is 19.2 Å². The van der Waals surface area contributed by atoms with E-state index >= 15 is 0 Å². The van der Waals surface area contributed by atoms with Crippen LogP contribution in [0, 0.1) is 0 Å². The first-order valence-corrected chi connectivity index (χ1v) is 9.44. The summed E-state index contributed by atoms with van der Waals surface area (Å²) >= 11 is 0. The van der Waals surface area contributed by atoms with Crippen LogP contribution in [0.15, 0.2) is 30.5 Å². The lowest BCUT2D eigenvalue weighted by atomic mass is 9.97. The highest BCUT2D eigenvalue weighted by molar-refractivity contribution is 5.97. The molecule has 2 heterocycles. The van der Waals surface area contributed by atoms with Crippen molar-refractivity contribution in [2.45, 2.75) is 58.3 Å². The standard InChI is InChI=1S/C21H23NO8/c1-11-18(28-12(2)24)19(29-13(3)25)20(30-14(4)26)21(27-11)22-9-15(10-23)16-7-5-6-8-17(16)22/h5-11,18-21H,1-4H3/t11-,18-,19+,20+,21+/m0/s1. The molecule has 9 nitrogen and oxygen atoms in total. The number of fused-ring (bicyclic) bond motifs is 1. The molecule has 1 fully saturated rings. The van der Waals surface area contributed by atoms with Gasteiger partial charge in [-0.05, 0) is 13.0 Å². The quantitative estimate of drug-likeness (QED) is 0.414. The van der Waals surface area contributed by atoms with Crippen LogP contribution in [0.3, 0.4) is 0 Å². The summed E-state index contributed by atoms with van der Waals surface area (Å²) in [6.45, 7) is 5.30. The lowest BCUT2D eigenvalue weighted by Gasteiger charge is -2.44. The van der Waals surface area contributed by atoms with E-state index in [4.69, 9.17) is 18.9 Å². The number of benzene rings is 1. The Labute approximate surface area is 172 Å². The number of ether oxygens (including phenoxy) is 4. The minimum atomic E-state index is -1.12. The average molecular weight is 417 g/mol. The number of hydrogen-bond donors (Lipinski definition) is 0. The number of rotatable bonds is 5. The molecule has 0 aliphatic carbocycles. The zero-order valence-electron chi connectivity index (χ0n) is 17.1. The van der Waals surface area contributed by atoms with Crippen molar-refractivity contribution in [3.05, 3.63) is 36.0 Å². The third-order valence-corrected chi connectivity index (χ3v) is 4.82. The maximum atomic E-state index is 11.9. The van der Waals surface area contributed by atoms with Crippen LogP contribution in [0.25, 0.3) is 10.9 Å². The van der Waals surface area contributed by atoms with Gasteiger partial charge in [0.05, 0.1) is 11.6 Å². The summed E-state index contributed by atoms with van der Waals surface area (Å²) in [6.07, 6.45) is -2.54.